The number of anilines is 1. The normalized spacial score (nSPS) is 16.1. The van der Waals surface area contributed by atoms with Crippen LogP contribution in [-0.4, -0.2) is 20.6 Å². The van der Waals surface area contributed by atoms with Crippen LogP contribution in [-0.2, 0) is 10.4 Å². The number of hydrogen-bond donors (Lipinski definition) is 2. The van der Waals surface area contributed by atoms with Crippen molar-refractivity contribution in [3.8, 4) is 0 Å². The Morgan fingerprint density at radius 1 is 1.25 bits per heavy atom. The van der Waals surface area contributed by atoms with E-state index in [2.05, 4.69) is 27.9 Å². The fraction of sp³-hybridized carbons (Fsp3) is 0.391. The van der Waals surface area contributed by atoms with Crippen LogP contribution in [0, 0.1) is 6.92 Å². The lowest BCUT2D eigenvalue weighted by Crippen LogP contribution is -2.30. The summed E-state index contributed by atoms with van der Waals surface area (Å²) in [4.78, 5) is 17.4. The summed E-state index contributed by atoms with van der Waals surface area (Å²) in [7, 11) is 0. The molecule has 148 valence electrons. The van der Waals surface area contributed by atoms with Crippen molar-refractivity contribution in [2.75, 3.05) is 5.32 Å². The lowest BCUT2D eigenvalue weighted by atomic mass is 9.92. The van der Waals surface area contributed by atoms with Gasteiger partial charge in [-0.25, -0.2) is 4.98 Å². The molecule has 28 heavy (non-hydrogen) atoms. The predicted octanol–water partition coefficient (Wildman–Crippen LogP) is 4.94. The first kappa shape index (κ1) is 20.1. The Balaban J connectivity index is 0.00000225. The van der Waals surface area contributed by atoms with Crippen molar-refractivity contribution < 1.29 is 9.90 Å². The number of aromatic nitrogens is 2. The zero-order valence-corrected chi connectivity index (χ0v) is 15.8. The Morgan fingerprint density at radius 3 is 2.61 bits per heavy atom. The second kappa shape index (κ2) is 7.76. The largest absolute Gasteiger partial charge is 0.385 e. The smallest absolute Gasteiger partial charge is 0.229 e. The molecule has 5 nitrogen and oxygen atoms in total. The SMILES string of the molecule is C.Cc1ccc2nc(NC(=O)C[C@](C)(O)c3ccccc3)n(C3CCC3)c2c1. The third kappa shape index (κ3) is 3.80. The summed E-state index contributed by atoms with van der Waals surface area (Å²) in [6.45, 7) is 3.73. The molecule has 1 atom stereocenters. The number of amides is 1. The van der Waals surface area contributed by atoms with Crippen LogP contribution in [0.5, 0.6) is 0 Å². The molecule has 1 aliphatic carbocycles. The Kier molecular flexibility index (Phi) is 5.57. The van der Waals surface area contributed by atoms with E-state index in [0.29, 0.717) is 12.0 Å². The molecule has 0 spiro atoms. The van der Waals surface area contributed by atoms with Crippen LogP contribution < -0.4 is 5.32 Å². The fourth-order valence-corrected chi connectivity index (χ4v) is 3.69. The standard InChI is InChI=1S/C22H25N3O2.CH4/c1-15-11-12-18-19(13-15)25(17-9-6-10-17)21(23-18)24-20(26)14-22(2,27)16-7-4-3-5-8-16;/h3-5,7-8,11-13,17,27H,6,9-10,14H2,1-2H3,(H,23,24,26);1H4/t22-;/m0./s1. The molecule has 0 bridgehead atoms. The summed E-state index contributed by atoms with van der Waals surface area (Å²) in [5, 5.41) is 13.7. The number of carbonyl (C=O) groups is 1. The molecule has 1 heterocycles. The Hall–Kier alpha value is -2.66. The molecular formula is C23H29N3O2. The van der Waals surface area contributed by atoms with Crippen LogP contribution in [0.25, 0.3) is 11.0 Å². The molecule has 1 amide bonds. The van der Waals surface area contributed by atoms with E-state index >= 15 is 0 Å². The van der Waals surface area contributed by atoms with Gasteiger partial charge in [-0.05, 0) is 56.4 Å². The fourth-order valence-electron chi connectivity index (χ4n) is 3.69. The highest BCUT2D eigenvalue weighted by Crippen LogP contribution is 2.37. The van der Waals surface area contributed by atoms with Gasteiger partial charge >= 0.3 is 0 Å². The number of rotatable bonds is 5. The molecule has 0 radical (unpaired) electrons. The van der Waals surface area contributed by atoms with Gasteiger partial charge in [-0.3, -0.25) is 10.1 Å². The van der Waals surface area contributed by atoms with Crippen molar-refractivity contribution in [1.29, 1.82) is 0 Å². The minimum absolute atomic E-state index is 0. The van der Waals surface area contributed by atoms with E-state index in [1.54, 1.807) is 6.92 Å². The van der Waals surface area contributed by atoms with Gasteiger partial charge in [0.25, 0.3) is 0 Å². The Bertz CT molecular complexity index is 972. The Morgan fingerprint density at radius 2 is 1.96 bits per heavy atom. The molecule has 2 aromatic carbocycles. The number of nitrogens with zero attached hydrogens (tertiary/aromatic N) is 2. The van der Waals surface area contributed by atoms with Gasteiger partial charge in [0.1, 0.15) is 0 Å². The van der Waals surface area contributed by atoms with Gasteiger partial charge in [0.05, 0.1) is 23.1 Å². The lowest BCUT2D eigenvalue weighted by molar-refractivity contribution is -0.120. The van der Waals surface area contributed by atoms with Crippen LogP contribution in [0.1, 0.15) is 57.2 Å². The maximum absolute atomic E-state index is 12.7. The van der Waals surface area contributed by atoms with Crippen molar-refractivity contribution in [2.45, 2.75) is 58.6 Å². The molecule has 0 unspecified atom stereocenters. The average Bonchev–Trinajstić information content (AvgIpc) is 2.91. The van der Waals surface area contributed by atoms with Gasteiger partial charge in [-0.15, -0.1) is 0 Å². The highest BCUT2D eigenvalue weighted by Gasteiger charge is 2.29. The molecule has 1 saturated carbocycles. The molecule has 2 N–H and O–H groups in total. The highest BCUT2D eigenvalue weighted by atomic mass is 16.3. The van der Waals surface area contributed by atoms with Crippen molar-refractivity contribution >= 4 is 22.9 Å². The monoisotopic (exact) mass is 379 g/mol. The topological polar surface area (TPSA) is 67.2 Å². The quantitative estimate of drug-likeness (QED) is 0.660. The van der Waals surface area contributed by atoms with Gasteiger partial charge in [0, 0.05) is 6.04 Å². The maximum atomic E-state index is 12.7. The van der Waals surface area contributed by atoms with Gasteiger partial charge in [0.15, 0.2) is 0 Å². The number of aryl methyl sites for hydroxylation is 1. The molecule has 1 aliphatic rings. The third-order valence-electron chi connectivity index (χ3n) is 5.44. The summed E-state index contributed by atoms with van der Waals surface area (Å²) in [6.07, 6.45) is 3.38. The minimum atomic E-state index is -1.23. The van der Waals surface area contributed by atoms with E-state index in [0.717, 1.165) is 29.4 Å². The minimum Gasteiger partial charge on any atom is -0.385 e. The number of hydrogen-bond acceptors (Lipinski definition) is 3. The summed E-state index contributed by atoms with van der Waals surface area (Å²) in [5.41, 5.74) is 2.62. The van der Waals surface area contributed by atoms with Crippen molar-refractivity contribution in [3.05, 3.63) is 59.7 Å². The molecule has 5 heteroatoms. The van der Waals surface area contributed by atoms with Crippen molar-refractivity contribution in [1.82, 2.24) is 9.55 Å². The molecule has 0 aliphatic heterocycles. The summed E-state index contributed by atoms with van der Waals surface area (Å²) >= 11 is 0. The zero-order valence-electron chi connectivity index (χ0n) is 15.8. The number of nitrogens with one attached hydrogen (secondary N) is 1. The number of imidazole rings is 1. The zero-order chi connectivity index (χ0) is 19.0. The summed E-state index contributed by atoms with van der Waals surface area (Å²) < 4.78 is 2.15. The second-order valence-electron chi connectivity index (χ2n) is 7.75. The number of carbonyl (C=O) groups excluding carboxylic acids is 1. The highest BCUT2D eigenvalue weighted by molar-refractivity contribution is 5.92. The first-order chi connectivity index (χ1) is 12.9. The van der Waals surface area contributed by atoms with Crippen LogP contribution in [0.2, 0.25) is 0 Å². The first-order valence-electron chi connectivity index (χ1n) is 9.50. The summed E-state index contributed by atoms with van der Waals surface area (Å²) in [5.74, 6) is 0.339. The Labute approximate surface area is 166 Å². The molecule has 3 aromatic rings. The first-order valence-corrected chi connectivity index (χ1v) is 9.50. The number of benzene rings is 2. The number of fused-ring (bicyclic) bond motifs is 1. The van der Waals surface area contributed by atoms with Crippen molar-refractivity contribution in [2.24, 2.45) is 0 Å². The molecule has 1 fully saturated rings. The van der Waals surface area contributed by atoms with Crippen LogP contribution in [0.15, 0.2) is 48.5 Å². The van der Waals surface area contributed by atoms with E-state index in [4.69, 9.17) is 0 Å². The van der Waals surface area contributed by atoms with Gasteiger partial charge in [0.2, 0.25) is 11.9 Å². The van der Waals surface area contributed by atoms with E-state index in [9.17, 15) is 9.90 Å². The van der Waals surface area contributed by atoms with E-state index < -0.39 is 5.60 Å². The average molecular weight is 380 g/mol. The van der Waals surface area contributed by atoms with Crippen LogP contribution >= 0.6 is 0 Å². The molecule has 4 rings (SSSR count). The van der Waals surface area contributed by atoms with Crippen LogP contribution in [0.3, 0.4) is 0 Å². The molecule has 1 aromatic heterocycles. The van der Waals surface area contributed by atoms with Gasteiger partial charge < -0.3 is 9.67 Å². The van der Waals surface area contributed by atoms with E-state index in [1.807, 2.05) is 42.5 Å². The predicted molar refractivity (Wildman–Crippen MR) is 113 cm³/mol. The third-order valence-corrected chi connectivity index (χ3v) is 5.44. The van der Waals surface area contributed by atoms with Gasteiger partial charge in [-0.1, -0.05) is 43.8 Å². The van der Waals surface area contributed by atoms with Crippen LogP contribution in [0.4, 0.5) is 5.95 Å². The van der Waals surface area contributed by atoms with Gasteiger partial charge in [-0.2, -0.15) is 0 Å². The van der Waals surface area contributed by atoms with E-state index in [1.165, 1.54) is 12.0 Å². The maximum Gasteiger partial charge on any atom is 0.229 e. The lowest BCUT2D eigenvalue weighted by Gasteiger charge is -2.29. The summed E-state index contributed by atoms with van der Waals surface area (Å²) in [6, 6.07) is 15.8. The number of aliphatic hydroxyl groups is 1. The molecule has 0 saturated heterocycles. The van der Waals surface area contributed by atoms with E-state index in [-0.39, 0.29) is 19.8 Å². The molecular weight excluding hydrogens is 350 g/mol. The van der Waals surface area contributed by atoms with Crippen molar-refractivity contribution in [3.63, 3.8) is 0 Å². The second-order valence-corrected chi connectivity index (χ2v) is 7.75.